The summed E-state index contributed by atoms with van der Waals surface area (Å²) in [5, 5.41) is 0.603. The van der Waals surface area contributed by atoms with E-state index in [0.717, 1.165) is 5.56 Å². The van der Waals surface area contributed by atoms with Crippen LogP contribution >= 0.6 is 34.8 Å². The fraction of sp³-hybridized carbons (Fsp3) is 0. The number of esters is 1. The van der Waals surface area contributed by atoms with Gasteiger partial charge in [-0.3, -0.25) is 0 Å². The third kappa shape index (κ3) is 2.24. The summed E-state index contributed by atoms with van der Waals surface area (Å²) in [4.78, 5) is 11.1. The molecule has 82 valence electrons. The summed E-state index contributed by atoms with van der Waals surface area (Å²) in [6, 6.07) is 7.06. The molecule has 0 amide bonds. The van der Waals surface area contributed by atoms with Gasteiger partial charge in [0.15, 0.2) is 5.76 Å². The molecular formula is C11H5Cl3O2. The van der Waals surface area contributed by atoms with Crippen LogP contribution in [0.4, 0.5) is 0 Å². The number of carbonyl (C=O) groups is 1. The highest BCUT2D eigenvalue weighted by molar-refractivity contribution is 6.50. The molecule has 1 heterocycles. The number of hydrogen-bond donors (Lipinski definition) is 0. The second kappa shape index (κ2) is 4.50. The van der Waals surface area contributed by atoms with Gasteiger partial charge in [0, 0.05) is 5.02 Å². The molecule has 0 spiro atoms. The zero-order chi connectivity index (χ0) is 11.7. The summed E-state index contributed by atoms with van der Waals surface area (Å²) in [6.07, 6.45) is 1.60. The summed E-state index contributed by atoms with van der Waals surface area (Å²) >= 11 is 17.2. The van der Waals surface area contributed by atoms with Crippen LogP contribution in [0.2, 0.25) is 5.02 Å². The number of allylic oxidation sites excluding steroid dienone is 1. The molecule has 2 rings (SSSR count). The zero-order valence-electron chi connectivity index (χ0n) is 7.84. The third-order valence-corrected chi connectivity index (χ3v) is 2.99. The molecule has 16 heavy (non-hydrogen) atoms. The van der Waals surface area contributed by atoms with Gasteiger partial charge in [-0.15, -0.1) is 0 Å². The van der Waals surface area contributed by atoms with E-state index in [1.807, 2.05) is 6.07 Å². The van der Waals surface area contributed by atoms with E-state index in [-0.39, 0.29) is 15.8 Å². The maximum Gasteiger partial charge on any atom is 0.356 e. The van der Waals surface area contributed by atoms with Gasteiger partial charge in [-0.1, -0.05) is 46.9 Å². The van der Waals surface area contributed by atoms with Crippen LogP contribution in [0.25, 0.3) is 6.08 Å². The lowest BCUT2D eigenvalue weighted by atomic mass is 10.2. The van der Waals surface area contributed by atoms with Crippen LogP contribution in [-0.2, 0) is 9.53 Å². The summed E-state index contributed by atoms with van der Waals surface area (Å²) in [5.74, 6) is -0.404. The smallest absolute Gasteiger partial charge is 0.356 e. The average molecular weight is 276 g/mol. The summed E-state index contributed by atoms with van der Waals surface area (Å²) < 4.78 is 4.87. The highest BCUT2D eigenvalue weighted by Gasteiger charge is 2.27. The van der Waals surface area contributed by atoms with Gasteiger partial charge in [-0.25, -0.2) is 4.79 Å². The van der Waals surface area contributed by atoms with Crippen molar-refractivity contribution >= 4 is 46.8 Å². The SMILES string of the molecule is O=C1O/C(=C\c2cccc(Cl)c2)C(Cl)=C1Cl. The van der Waals surface area contributed by atoms with Gasteiger partial charge in [0.1, 0.15) is 10.1 Å². The highest BCUT2D eigenvalue weighted by atomic mass is 35.5. The first-order valence-electron chi connectivity index (χ1n) is 4.33. The first-order valence-corrected chi connectivity index (χ1v) is 5.46. The number of rotatable bonds is 1. The predicted molar refractivity (Wildman–Crippen MR) is 64.3 cm³/mol. The van der Waals surface area contributed by atoms with Crippen LogP contribution in [0, 0.1) is 0 Å². The molecule has 1 aliphatic rings. The number of cyclic esters (lactones) is 1. The van der Waals surface area contributed by atoms with E-state index in [1.54, 1.807) is 24.3 Å². The fourth-order valence-electron chi connectivity index (χ4n) is 1.23. The molecule has 0 aromatic heterocycles. The minimum absolute atomic E-state index is 0.102. The first kappa shape index (κ1) is 11.5. The number of halogens is 3. The van der Waals surface area contributed by atoms with Crippen LogP contribution in [0.5, 0.6) is 0 Å². The second-order valence-corrected chi connectivity index (χ2v) is 4.27. The lowest BCUT2D eigenvalue weighted by molar-refractivity contribution is -0.132. The number of benzene rings is 1. The molecular weight excluding hydrogens is 270 g/mol. The van der Waals surface area contributed by atoms with Gasteiger partial charge in [-0.2, -0.15) is 0 Å². The Morgan fingerprint density at radius 2 is 1.88 bits per heavy atom. The molecule has 2 nitrogen and oxygen atoms in total. The second-order valence-electron chi connectivity index (χ2n) is 3.08. The van der Waals surface area contributed by atoms with Gasteiger partial charge >= 0.3 is 5.97 Å². The minimum atomic E-state index is -0.639. The van der Waals surface area contributed by atoms with E-state index in [1.165, 1.54) is 0 Å². The maximum absolute atomic E-state index is 11.1. The lowest BCUT2D eigenvalue weighted by Gasteiger charge is -1.98. The largest absolute Gasteiger partial charge is 0.421 e. The topological polar surface area (TPSA) is 26.3 Å². The molecule has 0 aliphatic carbocycles. The molecule has 0 radical (unpaired) electrons. The van der Waals surface area contributed by atoms with E-state index in [2.05, 4.69) is 0 Å². The molecule has 1 aliphatic heterocycles. The Balaban J connectivity index is 2.37. The maximum atomic E-state index is 11.1. The monoisotopic (exact) mass is 274 g/mol. The van der Waals surface area contributed by atoms with Gasteiger partial charge < -0.3 is 4.74 Å². The molecule has 1 aromatic carbocycles. The zero-order valence-corrected chi connectivity index (χ0v) is 10.1. The van der Waals surface area contributed by atoms with Crippen molar-refractivity contribution in [2.75, 3.05) is 0 Å². The van der Waals surface area contributed by atoms with Crippen molar-refractivity contribution < 1.29 is 9.53 Å². The molecule has 0 saturated carbocycles. The Kier molecular flexibility index (Phi) is 3.24. The molecule has 0 fully saturated rings. The third-order valence-electron chi connectivity index (χ3n) is 1.94. The molecule has 0 N–H and O–H groups in total. The van der Waals surface area contributed by atoms with E-state index >= 15 is 0 Å². The average Bonchev–Trinajstić information content (AvgIpc) is 2.47. The van der Waals surface area contributed by atoms with Crippen molar-refractivity contribution in [2.45, 2.75) is 0 Å². The van der Waals surface area contributed by atoms with Gasteiger partial charge in [0.25, 0.3) is 0 Å². The predicted octanol–water partition coefficient (Wildman–Crippen LogP) is 3.93. The Morgan fingerprint density at radius 3 is 2.44 bits per heavy atom. The van der Waals surface area contributed by atoms with E-state index in [9.17, 15) is 4.79 Å². The van der Waals surface area contributed by atoms with Crippen LogP contribution < -0.4 is 0 Å². The first-order chi connectivity index (χ1) is 7.58. The molecule has 0 saturated heterocycles. The van der Waals surface area contributed by atoms with Crippen LogP contribution in [-0.4, -0.2) is 5.97 Å². The highest BCUT2D eigenvalue weighted by Crippen LogP contribution is 2.33. The van der Waals surface area contributed by atoms with Crippen LogP contribution in [0.15, 0.2) is 40.1 Å². The van der Waals surface area contributed by atoms with Crippen molar-refractivity contribution in [2.24, 2.45) is 0 Å². The number of ether oxygens (including phenoxy) is 1. The Labute approximate surface area is 107 Å². The van der Waals surface area contributed by atoms with Crippen molar-refractivity contribution in [3.63, 3.8) is 0 Å². The Hall–Kier alpha value is -0.960. The Morgan fingerprint density at radius 1 is 1.12 bits per heavy atom. The van der Waals surface area contributed by atoms with E-state index < -0.39 is 5.97 Å². The number of hydrogen-bond acceptors (Lipinski definition) is 2. The molecule has 0 bridgehead atoms. The van der Waals surface area contributed by atoms with Crippen molar-refractivity contribution in [1.82, 2.24) is 0 Å². The van der Waals surface area contributed by atoms with Crippen LogP contribution in [0.3, 0.4) is 0 Å². The van der Waals surface area contributed by atoms with Gasteiger partial charge in [-0.05, 0) is 23.8 Å². The van der Waals surface area contributed by atoms with E-state index in [0.29, 0.717) is 5.02 Å². The molecule has 0 atom stereocenters. The summed E-state index contributed by atoms with van der Waals surface area (Å²) in [5.41, 5.74) is 0.778. The van der Waals surface area contributed by atoms with Crippen molar-refractivity contribution in [3.8, 4) is 0 Å². The fourth-order valence-corrected chi connectivity index (χ4v) is 1.73. The number of carbonyl (C=O) groups excluding carboxylic acids is 1. The Bertz CT molecular complexity index is 518. The van der Waals surface area contributed by atoms with Crippen LogP contribution in [0.1, 0.15) is 5.56 Å². The standard InChI is InChI=1S/C11H5Cl3O2/c12-7-3-1-2-6(4-7)5-8-9(13)10(14)11(15)16-8/h1-5H/b8-5-. The minimum Gasteiger partial charge on any atom is -0.421 e. The summed E-state index contributed by atoms with van der Waals surface area (Å²) in [7, 11) is 0. The molecule has 1 aromatic rings. The van der Waals surface area contributed by atoms with Gasteiger partial charge in [0.2, 0.25) is 0 Å². The van der Waals surface area contributed by atoms with E-state index in [4.69, 9.17) is 39.5 Å². The quantitative estimate of drug-likeness (QED) is 0.726. The lowest BCUT2D eigenvalue weighted by Crippen LogP contribution is -1.93. The molecule has 5 heteroatoms. The summed E-state index contributed by atoms with van der Waals surface area (Å²) in [6.45, 7) is 0. The van der Waals surface area contributed by atoms with Gasteiger partial charge in [0.05, 0.1) is 0 Å². The molecule has 0 unspecified atom stereocenters. The van der Waals surface area contributed by atoms with Crippen molar-refractivity contribution in [3.05, 3.63) is 50.7 Å². The van der Waals surface area contributed by atoms with Crippen molar-refractivity contribution in [1.29, 1.82) is 0 Å². The normalized spacial score (nSPS) is 18.2.